The van der Waals surface area contributed by atoms with Gasteiger partial charge in [-0.2, -0.15) is 0 Å². The number of aromatic amines is 1. The average molecular weight is 305 g/mol. The second-order valence-electron chi connectivity index (χ2n) is 5.00. The maximum atomic E-state index is 12.7. The van der Waals surface area contributed by atoms with Crippen LogP contribution >= 0.6 is 0 Å². The van der Waals surface area contributed by atoms with E-state index in [9.17, 15) is 9.59 Å². The number of nitrogens with one attached hydrogen (secondary N) is 1. The molecule has 1 N–H and O–H groups in total. The quantitative estimate of drug-likeness (QED) is 0.756. The predicted octanol–water partition coefficient (Wildman–Crippen LogP) is 3.04. The molecule has 0 aliphatic heterocycles. The number of hydrogen-bond donors (Lipinski definition) is 1. The van der Waals surface area contributed by atoms with Gasteiger partial charge in [-0.3, -0.25) is 19.7 Å². The molecule has 0 radical (unpaired) electrons. The van der Waals surface area contributed by atoms with E-state index in [1.807, 2.05) is 25.1 Å². The Labute approximate surface area is 132 Å². The summed E-state index contributed by atoms with van der Waals surface area (Å²) < 4.78 is 1.22. The summed E-state index contributed by atoms with van der Waals surface area (Å²) in [6, 6.07) is 12.1. The van der Waals surface area contributed by atoms with Crippen LogP contribution in [-0.2, 0) is 0 Å². The largest absolute Gasteiger partial charge is 0.277 e. The fraction of sp³-hybridized carbons (Fsp3) is 0.0556. The lowest BCUT2D eigenvalue weighted by atomic mass is 10.1. The SMILES string of the molecule is C=Nc1c(/C=C\C)cccc1-n1[nH]c(=O)c2ccccc2c1=O. The zero-order valence-corrected chi connectivity index (χ0v) is 12.6. The number of hydrogen-bond acceptors (Lipinski definition) is 3. The zero-order chi connectivity index (χ0) is 16.4. The molecule has 2 aromatic carbocycles. The Morgan fingerprint density at radius 2 is 1.83 bits per heavy atom. The first-order valence-electron chi connectivity index (χ1n) is 7.14. The standard InChI is InChI=1S/C18H15N3O2/c1-3-7-12-8-6-11-15(16(12)19-2)21-18(23)14-10-5-4-9-13(14)17(22)20-21/h3-11H,2H2,1H3,(H,20,22)/b7-3-. The summed E-state index contributed by atoms with van der Waals surface area (Å²) in [5, 5.41) is 3.35. The Kier molecular flexibility index (Phi) is 3.76. The second-order valence-corrected chi connectivity index (χ2v) is 5.00. The van der Waals surface area contributed by atoms with Crippen LogP contribution in [0.5, 0.6) is 0 Å². The van der Waals surface area contributed by atoms with E-state index in [1.54, 1.807) is 36.4 Å². The molecular weight excluding hydrogens is 290 g/mol. The maximum absolute atomic E-state index is 12.7. The highest BCUT2D eigenvalue weighted by Gasteiger charge is 2.12. The molecule has 0 saturated heterocycles. The van der Waals surface area contributed by atoms with Gasteiger partial charge in [0.05, 0.1) is 22.1 Å². The minimum Gasteiger partial charge on any atom is -0.267 e. The molecule has 0 amide bonds. The van der Waals surface area contributed by atoms with Crippen LogP contribution in [0.3, 0.4) is 0 Å². The Morgan fingerprint density at radius 1 is 1.09 bits per heavy atom. The van der Waals surface area contributed by atoms with Gasteiger partial charge in [0.25, 0.3) is 11.1 Å². The monoisotopic (exact) mass is 305 g/mol. The van der Waals surface area contributed by atoms with Crippen LogP contribution in [0.15, 0.2) is 63.1 Å². The molecule has 1 aromatic heterocycles. The van der Waals surface area contributed by atoms with Gasteiger partial charge in [0.2, 0.25) is 0 Å². The van der Waals surface area contributed by atoms with Crippen molar-refractivity contribution < 1.29 is 0 Å². The summed E-state index contributed by atoms with van der Waals surface area (Å²) in [6.45, 7) is 5.48. The Morgan fingerprint density at radius 3 is 2.52 bits per heavy atom. The average Bonchev–Trinajstić information content (AvgIpc) is 2.58. The van der Waals surface area contributed by atoms with Gasteiger partial charge in [-0.15, -0.1) is 0 Å². The lowest BCUT2D eigenvalue weighted by molar-refractivity contribution is 0.802. The third-order valence-corrected chi connectivity index (χ3v) is 3.61. The lowest BCUT2D eigenvalue weighted by Gasteiger charge is -2.11. The van der Waals surface area contributed by atoms with Gasteiger partial charge in [-0.05, 0) is 31.8 Å². The molecule has 0 saturated carbocycles. The van der Waals surface area contributed by atoms with E-state index in [0.717, 1.165) is 5.56 Å². The summed E-state index contributed by atoms with van der Waals surface area (Å²) >= 11 is 0. The van der Waals surface area contributed by atoms with Gasteiger partial charge < -0.3 is 0 Å². The molecule has 0 atom stereocenters. The molecule has 0 unspecified atom stereocenters. The minimum absolute atomic E-state index is 0.303. The van der Waals surface area contributed by atoms with Crippen LogP contribution in [0.4, 0.5) is 5.69 Å². The molecule has 114 valence electrons. The number of benzene rings is 2. The van der Waals surface area contributed by atoms with Crippen molar-refractivity contribution in [1.29, 1.82) is 0 Å². The molecule has 0 aliphatic rings. The van der Waals surface area contributed by atoms with Crippen molar-refractivity contribution in [2.75, 3.05) is 0 Å². The van der Waals surface area contributed by atoms with Crippen molar-refractivity contribution in [1.82, 2.24) is 9.78 Å². The molecule has 3 aromatic rings. The number of para-hydroxylation sites is 1. The highest BCUT2D eigenvalue weighted by Crippen LogP contribution is 2.27. The van der Waals surface area contributed by atoms with Gasteiger partial charge in [-0.1, -0.05) is 36.4 Å². The summed E-state index contributed by atoms with van der Waals surface area (Å²) in [5.41, 5.74) is 1.22. The van der Waals surface area contributed by atoms with E-state index in [2.05, 4.69) is 16.8 Å². The first-order valence-corrected chi connectivity index (χ1v) is 7.14. The van der Waals surface area contributed by atoms with E-state index in [1.165, 1.54) is 4.68 Å². The Balaban J connectivity index is 2.41. The van der Waals surface area contributed by atoms with Gasteiger partial charge in [-0.25, -0.2) is 4.68 Å². The van der Waals surface area contributed by atoms with E-state index >= 15 is 0 Å². The molecule has 0 bridgehead atoms. The Hall–Kier alpha value is -3.21. The Bertz CT molecular complexity index is 1040. The highest BCUT2D eigenvalue weighted by atomic mass is 16.2. The van der Waals surface area contributed by atoms with Crippen LogP contribution in [0, 0.1) is 0 Å². The summed E-state index contributed by atoms with van der Waals surface area (Å²) in [4.78, 5) is 29.0. The first-order chi connectivity index (χ1) is 11.2. The fourth-order valence-corrected chi connectivity index (χ4v) is 2.59. The van der Waals surface area contributed by atoms with E-state index in [-0.39, 0.29) is 11.1 Å². The van der Waals surface area contributed by atoms with Gasteiger partial charge in [0.1, 0.15) is 0 Å². The zero-order valence-electron chi connectivity index (χ0n) is 12.6. The fourth-order valence-electron chi connectivity index (χ4n) is 2.59. The number of rotatable bonds is 3. The molecule has 0 aliphatic carbocycles. The van der Waals surface area contributed by atoms with Crippen LogP contribution < -0.4 is 11.1 Å². The smallest absolute Gasteiger partial charge is 0.267 e. The second kappa shape index (κ2) is 5.88. The van der Waals surface area contributed by atoms with Crippen molar-refractivity contribution in [3.63, 3.8) is 0 Å². The van der Waals surface area contributed by atoms with Crippen LogP contribution in [0.2, 0.25) is 0 Å². The summed E-state index contributed by atoms with van der Waals surface area (Å²) in [6.07, 6.45) is 3.75. The minimum atomic E-state index is -0.327. The number of nitrogens with zero attached hydrogens (tertiary/aromatic N) is 2. The molecule has 3 rings (SSSR count). The topological polar surface area (TPSA) is 67.2 Å². The van der Waals surface area contributed by atoms with Gasteiger partial charge in [0, 0.05) is 5.56 Å². The van der Waals surface area contributed by atoms with Gasteiger partial charge in [0.15, 0.2) is 0 Å². The first kappa shape index (κ1) is 14.7. The summed E-state index contributed by atoms with van der Waals surface area (Å²) in [5.74, 6) is 0. The third-order valence-electron chi connectivity index (χ3n) is 3.61. The van der Waals surface area contributed by atoms with Crippen molar-refractivity contribution in [2.24, 2.45) is 4.99 Å². The number of H-pyrrole nitrogens is 1. The third kappa shape index (κ3) is 2.42. The van der Waals surface area contributed by atoms with E-state index in [4.69, 9.17) is 0 Å². The molecule has 5 heteroatoms. The van der Waals surface area contributed by atoms with Crippen molar-refractivity contribution >= 4 is 29.3 Å². The molecule has 5 nitrogen and oxygen atoms in total. The van der Waals surface area contributed by atoms with Crippen LogP contribution in [0.25, 0.3) is 22.5 Å². The molecule has 0 fully saturated rings. The van der Waals surface area contributed by atoms with E-state index < -0.39 is 0 Å². The van der Waals surface area contributed by atoms with Crippen LogP contribution in [0.1, 0.15) is 12.5 Å². The van der Waals surface area contributed by atoms with Crippen molar-refractivity contribution in [2.45, 2.75) is 6.92 Å². The predicted molar refractivity (Wildman–Crippen MR) is 94.1 cm³/mol. The molecule has 1 heterocycles. The van der Waals surface area contributed by atoms with Crippen LogP contribution in [-0.4, -0.2) is 16.5 Å². The number of aliphatic imine (C=N–C) groups is 1. The summed E-state index contributed by atoms with van der Waals surface area (Å²) in [7, 11) is 0. The van der Waals surface area contributed by atoms with Gasteiger partial charge >= 0.3 is 0 Å². The number of fused-ring (bicyclic) bond motifs is 1. The molecule has 23 heavy (non-hydrogen) atoms. The highest BCUT2D eigenvalue weighted by molar-refractivity contribution is 5.81. The van der Waals surface area contributed by atoms with Crippen molar-refractivity contribution in [3.8, 4) is 5.69 Å². The van der Waals surface area contributed by atoms with E-state index in [0.29, 0.717) is 22.1 Å². The number of aromatic nitrogens is 2. The lowest BCUT2D eigenvalue weighted by Crippen LogP contribution is -2.28. The molecular formula is C18H15N3O2. The van der Waals surface area contributed by atoms with Crippen molar-refractivity contribution in [3.05, 3.63) is 74.8 Å². The number of allylic oxidation sites excluding steroid dienone is 1. The normalized spacial score (nSPS) is 11.2. The maximum Gasteiger partial charge on any atom is 0.277 e. The molecule has 0 spiro atoms.